The van der Waals surface area contributed by atoms with Crippen LogP contribution in [0, 0.1) is 6.92 Å². The second-order valence-corrected chi connectivity index (χ2v) is 8.62. The Labute approximate surface area is 198 Å². The van der Waals surface area contributed by atoms with E-state index in [1.807, 2.05) is 6.92 Å². The fourth-order valence-electron chi connectivity index (χ4n) is 4.36. The van der Waals surface area contributed by atoms with Gasteiger partial charge in [0.1, 0.15) is 11.5 Å². The number of benzene rings is 2. The first kappa shape index (κ1) is 23.3. The molecule has 0 aromatic heterocycles. The van der Waals surface area contributed by atoms with Crippen LogP contribution in [0.2, 0.25) is 5.02 Å². The van der Waals surface area contributed by atoms with Crippen molar-refractivity contribution in [3.8, 4) is 5.75 Å². The standard InChI is InChI=1S/C25H27ClN2O5/c1-16-15-18(5-8-20(16)32-2)23(29)21-22(17-3-6-19(26)7-4-17)28(25(31)24(21)30)10-9-27-11-13-33-14-12-27/h3-8,15,22,29H,9-14H2,1-2H3/t22-/m0/s1. The molecule has 1 atom stereocenters. The van der Waals surface area contributed by atoms with E-state index in [4.69, 9.17) is 21.1 Å². The molecule has 2 aliphatic rings. The summed E-state index contributed by atoms with van der Waals surface area (Å²) in [6.07, 6.45) is 0. The van der Waals surface area contributed by atoms with E-state index in [9.17, 15) is 14.7 Å². The van der Waals surface area contributed by atoms with Crippen LogP contribution in [-0.2, 0) is 14.3 Å². The second-order valence-electron chi connectivity index (χ2n) is 8.18. The van der Waals surface area contributed by atoms with Gasteiger partial charge >= 0.3 is 0 Å². The molecule has 2 aromatic rings. The van der Waals surface area contributed by atoms with Gasteiger partial charge in [0.15, 0.2) is 0 Å². The number of Topliss-reactive ketones (excluding diaryl/α,β-unsaturated/α-hetero) is 1. The second kappa shape index (κ2) is 9.95. The predicted octanol–water partition coefficient (Wildman–Crippen LogP) is 3.41. The van der Waals surface area contributed by atoms with Gasteiger partial charge < -0.3 is 19.5 Å². The molecule has 2 fully saturated rings. The maximum absolute atomic E-state index is 13.1. The highest BCUT2D eigenvalue weighted by atomic mass is 35.5. The Morgan fingerprint density at radius 3 is 2.45 bits per heavy atom. The zero-order valence-corrected chi connectivity index (χ0v) is 19.5. The van der Waals surface area contributed by atoms with Crippen molar-refractivity contribution in [3.63, 3.8) is 0 Å². The van der Waals surface area contributed by atoms with E-state index >= 15 is 0 Å². The number of hydrogen-bond donors (Lipinski definition) is 1. The first-order valence-electron chi connectivity index (χ1n) is 10.9. The van der Waals surface area contributed by atoms with Crippen molar-refractivity contribution in [1.29, 1.82) is 0 Å². The molecule has 2 aromatic carbocycles. The minimum Gasteiger partial charge on any atom is -0.507 e. The maximum Gasteiger partial charge on any atom is 0.295 e. The average Bonchev–Trinajstić information content (AvgIpc) is 3.08. The highest BCUT2D eigenvalue weighted by Gasteiger charge is 2.46. The van der Waals surface area contributed by atoms with Crippen molar-refractivity contribution in [2.75, 3.05) is 46.5 Å². The molecule has 0 aliphatic carbocycles. The summed E-state index contributed by atoms with van der Waals surface area (Å²) in [5.41, 5.74) is 2.06. The molecule has 174 valence electrons. The predicted molar refractivity (Wildman–Crippen MR) is 125 cm³/mol. The van der Waals surface area contributed by atoms with Crippen LogP contribution in [0.5, 0.6) is 5.75 Å². The van der Waals surface area contributed by atoms with Crippen molar-refractivity contribution in [1.82, 2.24) is 9.80 Å². The quantitative estimate of drug-likeness (QED) is 0.396. The fraction of sp³-hybridized carbons (Fsp3) is 0.360. The lowest BCUT2D eigenvalue weighted by Crippen LogP contribution is -2.42. The summed E-state index contributed by atoms with van der Waals surface area (Å²) in [7, 11) is 1.57. The molecule has 1 amide bonds. The molecule has 8 heteroatoms. The number of amides is 1. The number of halogens is 1. The van der Waals surface area contributed by atoms with Gasteiger partial charge in [0.05, 0.1) is 31.9 Å². The molecule has 0 radical (unpaired) electrons. The van der Waals surface area contributed by atoms with Crippen LogP contribution >= 0.6 is 11.6 Å². The van der Waals surface area contributed by atoms with Gasteiger partial charge in [-0.2, -0.15) is 0 Å². The third kappa shape index (κ3) is 4.76. The van der Waals surface area contributed by atoms with Gasteiger partial charge in [-0.3, -0.25) is 14.5 Å². The molecule has 2 heterocycles. The molecule has 1 N–H and O–H groups in total. The van der Waals surface area contributed by atoms with Gasteiger partial charge in [-0.05, 0) is 48.4 Å². The minimum absolute atomic E-state index is 0.0777. The number of aryl methyl sites for hydroxylation is 1. The Bertz CT molecular complexity index is 1080. The average molecular weight is 471 g/mol. The third-order valence-corrected chi connectivity index (χ3v) is 6.41. The number of carbonyl (C=O) groups excluding carboxylic acids is 2. The Morgan fingerprint density at radius 1 is 1.12 bits per heavy atom. The molecule has 2 aliphatic heterocycles. The summed E-state index contributed by atoms with van der Waals surface area (Å²) < 4.78 is 10.7. The van der Waals surface area contributed by atoms with E-state index in [-0.39, 0.29) is 11.3 Å². The summed E-state index contributed by atoms with van der Waals surface area (Å²) in [6, 6.07) is 11.5. The lowest BCUT2D eigenvalue weighted by Gasteiger charge is -2.31. The number of carbonyl (C=O) groups is 2. The molecule has 2 saturated heterocycles. The first-order chi connectivity index (χ1) is 15.9. The van der Waals surface area contributed by atoms with Crippen LogP contribution in [0.4, 0.5) is 0 Å². The van der Waals surface area contributed by atoms with Gasteiger partial charge in [-0.15, -0.1) is 0 Å². The first-order valence-corrected chi connectivity index (χ1v) is 11.3. The SMILES string of the molecule is COc1ccc(C(O)=C2C(=O)C(=O)N(CCN3CCOCC3)[C@H]2c2ccc(Cl)cc2)cc1C. The lowest BCUT2D eigenvalue weighted by molar-refractivity contribution is -0.140. The molecule has 0 unspecified atom stereocenters. The highest BCUT2D eigenvalue weighted by molar-refractivity contribution is 6.46. The van der Waals surface area contributed by atoms with Crippen LogP contribution < -0.4 is 4.74 Å². The zero-order valence-electron chi connectivity index (χ0n) is 18.7. The molecular formula is C25H27ClN2O5. The number of nitrogens with zero attached hydrogens (tertiary/aromatic N) is 2. The number of ether oxygens (including phenoxy) is 2. The molecule has 0 saturated carbocycles. The minimum atomic E-state index is -0.703. The number of morpholine rings is 1. The number of ketones is 1. The molecule has 33 heavy (non-hydrogen) atoms. The van der Waals surface area contributed by atoms with Crippen molar-refractivity contribution >= 4 is 29.1 Å². The van der Waals surface area contributed by atoms with Crippen molar-refractivity contribution in [2.45, 2.75) is 13.0 Å². The van der Waals surface area contributed by atoms with Gasteiger partial charge in [0.2, 0.25) is 0 Å². The number of likely N-dealkylation sites (tertiary alicyclic amines) is 1. The van der Waals surface area contributed by atoms with Crippen molar-refractivity contribution in [3.05, 3.63) is 69.8 Å². The lowest BCUT2D eigenvalue weighted by atomic mass is 9.95. The van der Waals surface area contributed by atoms with Gasteiger partial charge in [-0.25, -0.2) is 0 Å². The van der Waals surface area contributed by atoms with E-state index in [0.717, 1.165) is 18.7 Å². The number of aliphatic hydroxyl groups excluding tert-OH is 1. The summed E-state index contributed by atoms with van der Waals surface area (Å²) in [5, 5.41) is 11.8. The van der Waals surface area contributed by atoms with E-state index < -0.39 is 17.7 Å². The summed E-state index contributed by atoms with van der Waals surface area (Å²) in [5.74, 6) is -0.836. The Balaban J connectivity index is 1.74. The Morgan fingerprint density at radius 2 is 1.82 bits per heavy atom. The van der Waals surface area contributed by atoms with Crippen molar-refractivity contribution < 1.29 is 24.2 Å². The van der Waals surface area contributed by atoms with Crippen molar-refractivity contribution in [2.24, 2.45) is 0 Å². The summed E-state index contributed by atoms with van der Waals surface area (Å²) >= 11 is 6.08. The highest BCUT2D eigenvalue weighted by Crippen LogP contribution is 2.40. The van der Waals surface area contributed by atoms with Gasteiger partial charge in [0, 0.05) is 36.8 Å². The number of hydrogen-bond acceptors (Lipinski definition) is 6. The Hall–Kier alpha value is -2.87. The molecule has 7 nitrogen and oxygen atoms in total. The van der Waals surface area contributed by atoms with Gasteiger partial charge in [-0.1, -0.05) is 23.7 Å². The number of methoxy groups -OCH3 is 1. The monoisotopic (exact) mass is 470 g/mol. The summed E-state index contributed by atoms with van der Waals surface area (Å²) in [4.78, 5) is 30.0. The smallest absolute Gasteiger partial charge is 0.295 e. The fourth-order valence-corrected chi connectivity index (χ4v) is 4.48. The van der Waals surface area contributed by atoms with Crippen LogP contribution in [-0.4, -0.2) is 73.1 Å². The molecular weight excluding hydrogens is 444 g/mol. The van der Waals surface area contributed by atoms with E-state index in [1.165, 1.54) is 0 Å². The van der Waals surface area contributed by atoms with E-state index in [2.05, 4.69) is 4.90 Å². The number of rotatable bonds is 6. The van der Waals surface area contributed by atoms with Crippen LogP contribution in [0.25, 0.3) is 5.76 Å². The zero-order chi connectivity index (χ0) is 23.5. The van der Waals surface area contributed by atoms with Crippen LogP contribution in [0.3, 0.4) is 0 Å². The largest absolute Gasteiger partial charge is 0.507 e. The topological polar surface area (TPSA) is 79.3 Å². The van der Waals surface area contributed by atoms with Crippen LogP contribution in [0.15, 0.2) is 48.0 Å². The maximum atomic E-state index is 13.1. The molecule has 0 spiro atoms. The molecule has 4 rings (SSSR count). The number of aliphatic hydroxyl groups is 1. The van der Waals surface area contributed by atoms with Gasteiger partial charge in [0.25, 0.3) is 11.7 Å². The van der Waals surface area contributed by atoms with E-state index in [0.29, 0.717) is 48.2 Å². The Kier molecular flexibility index (Phi) is 7.02. The third-order valence-electron chi connectivity index (χ3n) is 6.15. The normalized spacial score (nSPS) is 20.9. The van der Waals surface area contributed by atoms with Crippen LogP contribution in [0.1, 0.15) is 22.7 Å². The van der Waals surface area contributed by atoms with E-state index in [1.54, 1.807) is 54.5 Å². The molecule has 0 bridgehead atoms. The summed E-state index contributed by atoms with van der Waals surface area (Å²) in [6.45, 7) is 5.68.